The van der Waals surface area contributed by atoms with E-state index in [1.54, 1.807) is 34.6 Å². The van der Waals surface area contributed by atoms with Gasteiger partial charge in [0.15, 0.2) is 0 Å². The molecule has 0 aromatic carbocycles. The first-order chi connectivity index (χ1) is 27.8. The van der Waals surface area contributed by atoms with Crippen molar-refractivity contribution in [3.05, 3.63) is 0 Å². The number of aliphatic hydroxyl groups excluding tert-OH is 1. The highest BCUT2D eigenvalue weighted by molar-refractivity contribution is 5.80. The van der Waals surface area contributed by atoms with Gasteiger partial charge in [0.2, 0.25) is 0 Å². The Morgan fingerprint density at radius 3 is 0.688 bits per heavy atom. The summed E-state index contributed by atoms with van der Waals surface area (Å²) >= 11 is 0. The number of rotatable bonds is 16. The lowest BCUT2D eigenvalue weighted by Crippen LogP contribution is -2.31. The van der Waals surface area contributed by atoms with Crippen molar-refractivity contribution in [3.63, 3.8) is 0 Å². The van der Waals surface area contributed by atoms with Crippen LogP contribution >= 0.6 is 0 Å². The van der Waals surface area contributed by atoms with Crippen molar-refractivity contribution in [3.8, 4) is 0 Å². The molecule has 0 aliphatic carbocycles. The first-order valence-electron chi connectivity index (χ1n) is 25.0. The maximum Gasteiger partial charge on any atom is 0.135 e. The Morgan fingerprint density at radius 2 is 0.672 bits per heavy atom. The van der Waals surface area contributed by atoms with Crippen LogP contribution < -0.4 is 0 Å². The van der Waals surface area contributed by atoms with Gasteiger partial charge in [-0.05, 0) is 117 Å². The molecule has 0 aromatic heterocycles. The van der Waals surface area contributed by atoms with Gasteiger partial charge in [-0.3, -0.25) is 24.0 Å². The van der Waals surface area contributed by atoms with Crippen molar-refractivity contribution in [2.75, 3.05) is 0 Å². The van der Waals surface area contributed by atoms with Gasteiger partial charge in [-0.2, -0.15) is 0 Å². The van der Waals surface area contributed by atoms with Crippen LogP contribution in [0, 0.1) is 99.1 Å². The maximum absolute atomic E-state index is 11.2. The maximum atomic E-state index is 11.2. The lowest BCUT2D eigenvalue weighted by atomic mass is 9.72. The van der Waals surface area contributed by atoms with Gasteiger partial charge in [-0.1, -0.05) is 194 Å². The molecule has 0 rings (SSSR count). The third-order valence-corrected chi connectivity index (χ3v) is 12.1. The first-order valence-corrected chi connectivity index (χ1v) is 25.0. The minimum absolute atomic E-state index is 0. The molecule has 6 nitrogen and oxygen atoms in total. The lowest BCUT2D eigenvalue weighted by Gasteiger charge is -2.33. The van der Waals surface area contributed by atoms with Gasteiger partial charge in [-0.25, -0.2) is 0 Å². The second kappa shape index (κ2) is 36.4. The van der Waals surface area contributed by atoms with Gasteiger partial charge in [0.05, 0.1) is 6.10 Å². The Hall–Kier alpha value is -1.69. The van der Waals surface area contributed by atoms with E-state index < -0.39 is 6.10 Å². The van der Waals surface area contributed by atoms with E-state index in [0.717, 1.165) is 18.3 Å². The Bertz CT molecular complexity index is 1130. The predicted octanol–water partition coefficient (Wildman–Crippen LogP) is 16.8. The molecule has 6 unspecified atom stereocenters. The molecule has 0 heterocycles. The minimum atomic E-state index is -0.516. The molecular weight excluding hydrogens is 793 g/mol. The van der Waals surface area contributed by atoms with E-state index in [1.807, 2.05) is 13.8 Å². The van der Waals surface area contributed by atoms with E-state index in [-0.39, 0.29) is 59.5 Å². The third kappa shape index (κ3) is 38.4. The molecule has 388 valence electrons. The van der Waals surface area contributed by atoms with Crippen molar-refractivity contribution >= 4 is 28.9 Å². The first kappa shape index (κ1) is 76.6. The molecule has 0 aliphatic rings. The number of Topliss-reactive ketones (excluding diaryl/α,β-unsaturated/α-hetero) is 5. The average Bonchev–Trinajstić information content (AvgIpc) is 2.96. The number of carbonyl (C=O) groups is 5. The van der Waals surface area contributed by atoms with Gasteiger partial charge in [0.25, 0.3) is 0 Å². The zero-order valence-electron chi connectivity index (χ0n) is 48.6. The summed E-state index contributed by atoms with van der Waals surface area (Å²) in [5, 5.41) is 9.13. The number of hydrogen-bond donors (Lipinski definition) is 1. The zero-order chi connectivity index (χ0) is 52.5. The molecular formula is C58H120O6. The topological polar surface area (TPSA) is 106 Å². The number of ketones is 5. The van der Waals surface area contributed by atoms with E-state index in [1.165, 1.54) is 13.3 Å². The molecule has 0 radical (unpaired) electrons. The minimum Gasteiger partial charge on any atom is -0.393 e. The van der Waals surface area contributed by atoms with Crippen LogP contribution in [0.25, 0.3) is 0 Å². The standard InChI is InChI=1S/3C10H20O.C10H22.C9H18O.C8H16O2.CH4/c2*1-7(2)9(8(3)11)10(4,5)6;1-7(2)6-10(8(3)4)9(5)11;1-7-9(8(2)3)10(4,5)6;1-6(2)9(7(3)4)8(5)10;1-5(2)8(6(3)9)7(4)10;/h2*7,9H,1-6H3;7-8,10H,6H2,1-5H3;8-9H,7H2,1-6H3;6-7,9H,1-5H3;5-6,8-9H,1-4H3;1H4. The highest BCUT2D eigenvalue weighted by Gasteiger charge is 2.32. The predicted molar refractivity (Wildman–Crippen MR) is 285 cm³/mol. The molecule has 0 bridgehead atoms. The number of carbonyl (C=O) groups excluding carboxylic acids is 5. The van der Waals surface area contributed by atoms with Crippen LogP contribution in [0.1, 0.15) is 242 Å². The fourth-order valence-electron chi connectivity index (χ4n) is 10.7. The van der Waals surface area contributed by atoms with Crippen molar-refractivity contribution in [2.24, 2.45) is 99.1 Å². The smallest absolute Gasteiger partial charge is 0.135 e. The van der Waals surface area contributed by atoms with Crippen molar-refractivity contribution in [1.29, 1.82) is 0 Å². The lowest BCUT2D eigenvalue weighted by molar-refractivity contribution is -0.126. The fraction of sp³-hybridized carbons (Fsp3) is 0.914. The molecule has 0 saturated heterocycles. The summed E-state index contributed by atoms with van der Waals surface area (Å²) in [5.74, 6) is 7.01. The van der Waals surface area contributed by atoms with Crippen LogP contribution in [0.15, 0.2) is 0 Å². The van der Waals surface area contributed by atoms with Crippen LogP contribution in [-0.2, 0) is 24.0 Å². The van der Waals surface area contributed by atoms with Crippen molar-refractivity contribution in [1.82, 2.24) is 0 Å². The van der Waals surface area contributed by atoms with Crippen LogP contribution in [0.4, 0.5) is 0 Å². The monoisotopic (exact) mass is 913 g/mol. The molecule has 0 fully saturated rings. The van der Waals surface area contributed by atoms with Gasteiger partial charge in [0.1, 0.15) is 28.9 Å². The van der Waals surface area contributed by atoms with Gasteiger partial charge >= 0.3 is 0 Å². The van der Waals surface area contributed by atoms with E-state index >= 15 is 0 Å². The summed E-state index contributed by atoms with van der Waals surface area (Å²) < 4.78 is 0. The Kier molecular flexibility index (Phi) is 43.5. The molecule has 0 aromatic rings. The fourth-order valence-corrected chi connectivity index (χ4v) is 10.7. The zero-order valence-corrected chi connectivity index (χ0v) is 48.6. The summed E-state index contributed by atoms with van der Waals surface area (Å²) in [6.07, 6.45) is 1.83. The van der Waals surface area contributed by atoms with Gasteiger partial charge in [-0.15, -0.1) is 0 Å². The number of aliphatic hydroxyl groups is 1. The normalized spacial score (nSPS) is 14.6. The summed E-state index contributed by atoms with van der Waals surface area (Å²) in [4.78, 5) is 55.5. The van der Waals surface area contributed by atoms with E-state index in [0.29, 0.717) is 64.1 Å². The summed E-state index contributed by atoms with van der Waals surface area (Å²) in [6.45, 7) is 65.9. The number of hydrogen-bond acceptors (Lipinski definition) is 6. The average molecular weight is 914 g/mol. The Labute approximate surface area is 403 Å². The Morgan fingerprint density at radius 1 is 0.391 bits per heavy atom. The van der Waals surface area contributed by atoms with Gasteiger partial charge < -0.3 is 5.11 Å². The second-order valence-corrected chi connectivity index (χ2v) is 24.9. The summed E-state index contributed by atoms with van der Waals surface area (Å²) in [7, 11) is 0. The van der Waals surface area contributed by atoms with Crippen molar-refractivity contribution in [2.45, 2.75) is 248 Å². The highest BCUT2D eigenvalue weighted by Crippen LogP contribution is 2.35. The molecule has 6 atom stereocenters. The van der Waals surface area contributed by atoms with E-state index in [9.17, 15) is 24.0 Å². The Balaban J connectivity index is -0.000000122. The van der Waals surface area contributed by atoms with Crippen LogP contribution in [0.3, 0.4) is 0 Å². The molecule has 0 saturated carbocycles. The summed E-state index contributed by atoms with van der Waals surface area (Å²) in [5.41, 5.74) is 0.711. The quantitative estimate of drug-likeness (QED) is 0.165. The molecule has 0 amide bonds. The largest absolute Gasteiger partial charge is 0.393 e. The van der Waals surface area contributed by atoms with Gasteiger partial charge in [0, 0.05) is 29.6 Å². The highest BCUT2D eigenvalue weighted by atomic mass is 16.3. The van der Waals surface area contributed by atoms with E-state index in [2.05, 4.69) is 166 Å². The molecule has 0 spiro atoms. The molecule has 0 aliphatic heterocycles. The van der Waals surface area contributed by atoms with E-state index in [4.69, 9.17) is 5.11 Å². The molecule has 64 heavy (non-hydrogen) atoms. The van der Waals surface area contributed by atoms with Crippen LogP contribution in [0.5, 0.6) is 0 Å². The SMILES string of the molecule is C.CC(=O)C(C(C)C)C(C)(C)C.CC(=O)C(C(C)C)C(C)(C)C.CC(=O)C(C(C)C)C(C)C.CC(=O)C(C(C)C)C(C)O.CC(=O)C(CC(C)C)C(C)C.CCC(C(C)C)C(C)(C)C. The summed E-state index contributed by atoms with van der Waals surface area (Å²) in [6, 6.07) is 0. The van der Waals surface area contributed by atoms with Crippen molar-refractivity contribution < 1.29 is 29.1 Å². The second-order valence-electron chi connectivity index (χ2n) is 24.9. The third-order valence-electron chi connectivity index (χ3n) is 12.1. The molecule has 6 heteroatoms. The van der Waals surface area contributed by atoms with Crippen LogP contribution in [0.2, 0.25) is 0 Å². The molecule has 1 N–H and O–H groups in total. The van der Waals surface area contributed by atoms with Crippen LogP contribution in [-0.4, -0.2) is 40.1 Å².